The third-order valence-corrected chi connectivity index (χ3v) is 4.88. The van der Waals surface area contributed by atoms with Crippen molar-refractivity contribution in [2.45, 2.75) is 26.8 Å². The number of anilines is 1. The van der Waals surface area contributed by atoms with E-state index >= 15 is 0 Å². The first-order chi connectivity index (χ1) is 15.0. The van der Waals surface area contributed by atoms with Crippen LogP contribution in [0.1, 0.15) is 29.8 Å². The Kier molecular flexibility index (Phi) is 8.25. The fraction of sp³-hybridized carbons (Fsp3) is 0.333. The maximum absolute atomic E-state index is 12.9. The van der Waals surface area contributed by atoms with Gasteiger partial charge in [-0.25, -0.2) is 4.98 Å². The summed E-state index contributed by atoms with van der Waals surface area (Å²) in [4.78, 5) is 53.3. The third kappa shape index (κ3) is 6.48. The van der Waals surface area contributed by atoms with E-state index in [2.05, 4.69) is 15.6 Å². The number of hydrogen-bond donors (Lipinski definition) is 2. The van der Waals surface area contributed by atoms with Gasteiger partial charge in [0.2, 0.25) is 11.8 Å². The van der Waals surface area contributed by atoms with Gasteiger partial charge in [-0.3, -0.25) is 24.5 Å². The van der Waals surface area contributed by atoms with Crippen LogP contribution in [0.2, 0.25) is 5.02 Å². The highest BCUT2D eigenvalue weighted by Gasteiger charge is 2.29. The Bertz CT molecular complexity index is 1040. The smallest absolute Gasteiger partial charge is 0.270 e. The Hall–Kier alpha value is -3.53. The van der Waals surface area contributed by atoms with E-state index in [1.54, 1.807) is 32.2 Å². The summed E-state index contributed by atoms with van der Waals surface area (Å²) in [7, 11) is 1.45. The first kappa shape index (κ1) is 24.7. The van der Waals surface area contributed by atoms with Crippen molar-refractivity contribution in [2.24, 2.45) is 5.92 Å². The molecule has 2 N–H and O–H groups in total. The SMILES string of the molecule is Cc1ccnc(NC(=O)CN(C)C(=O)C(NC(=O)c2ccc([N+](=O)[O-])cc2Cl)C(C)C)c1. The van der Waals surface area contributed by atoms with Gasteiger partial charge in [-0.05, 0) is 36.6 Å². The Labute approximate surface area is 190 Å². The number of likely N-dealkylation sites (N-methyl/N-ethyl adjacent to an activating group) is 1. The molecule has 2 aromatic rings. The van der Waals surface area contributed by atoms with Gasteiger partial charge in [0.05, 0.1) is 22.1 Å². The zero-order chi connectivity index (χ0) is 24.0. The van der Waals surface area contributed by atoms with Crippen molar-refractivity contribution in [1.29, 1.82) is 0 Å². The topological polar surface area (TPSA) is 135 Å². The van der Waals surface area contributed by atoms with Gasteiger partial charge in [-0.15, -0.1) is 0 Å². The molecule has 0 spiro atoms. The molecule has 0 aliphatic carbocycles. The molecule has 1 unspecified atom stereocenters. The molecule has 170 valence electrons. The van der Waals surface area contributed by atoms with Crippen LogP contribution in [-0.2, 0) is 9.59 Å². The van der Waals surface area contributed by atoms with E-state index in [9.17, 15) is 24.5 Å². The number of amides is 3. The standard InChI is InChI=1S/C21H24ClN5O5/c1-12(2)19(25-20(29)15-6-5-14(27(31)32)10-16(15)22)21(30)26(4)11-18(28)24-17-9-13(3)7-8-23-17/h5-10,12,19H,11H2,1-4H3,(H,25,29)(H,23,24,28). The fourth-order valence-electron chi connectivity index (χ4n) is 2.85. The van der Waals surface area contributed by atoms with Crippen molar-refractivity contribution in [3.05, 3.63) is 62.8 Å². The second kappa shape index (κ2) is 10.7. The van der Waals surface area contributed by atoms with Gasteiger partial charge in [0.25, 0.3) is 11.6 Å². The zero-order valence-corrected chi connectivity index (χ0v) is 18.8. The predicted molar refractivity (Wildman–Crippen MR) is 119 cm³/mol. The number of nitrogens with zero attached hydrogens (tertiary/aromatic N) is 3. The molecule has 0 fully saturated rings. The molecule has 0 aliphatic heterocycles. The number of carbonyl (C=O) groups is 3. The minimum absolute atomic E-state index is 0.00151. The van der Waals surface area contributed by atoms with Crippen LogP contribution >= 0.6 is 11.6 Å². The summed E-state index contributed by atoms with van der Waals surface area (Å²) in [6.45, 7) is 5.10. The molecule has 1 aromatic heterocycles. The quantitative estimate of drug-likeness (QED) is 0.458. The van der Waals surface area contributed by atoms with Crippen molar-refractivity contribution in [2.75, 3.05) is 18.9 Å². The molecule has 0 bridgehead atoms. The Balaban J connectivity index is 2.07. The number of rotatable bonds is 8. The van der Waals surface area contributed by atoms with Crippen LogP contribution in [0.4, 0.5) is 11.5 Å². The number of halogens is 1. The molecule has 3 amide bonds. The maximum atomic E-state index is 12.9. The number of pyridine rings is 1. The van der Waals surface area contributed by atoms with Crippen molar-refractivity contribution < 1.29 is 19.3 Å². The number of nitrogens with one attached hydrogen (secondary N) is 2. The average Bonchev–Trinajstić information content (AvgIpc) is 2.70. The molecule has 0 radical (unpaired) electrons. The summed E-state index contributed by atoms with van der Waals surface area (Å²) in [5.41, 5.74) is 0.672. The summed E-state index contributed by atoms with van der Waals surface area (Å²) >= 11 is 6.01. The van der Waals surface area contributed by atoms with Crippen LogP contribution in [0, 0.1) is 23.0 Å². The fourth-order valence-corrected chi connectivity index (χ4v) is 3.11. The number of non-ortho nitro benzene ring substituents is 1. The second-order valence-electron chi connectivity index (χ2n) is 7.58. The van der Waals surface area contributed by atoms with Crippen LogP contribution in [0.5, 0.6) is 0 Å². The molecular formula is C21H24ClN5O5. The summed E-state index contributed by atoms with van der Waals surface area (Å²) in [6, 6.07) is 6.00. The summed E-state index contributed by atoms with van der Waals surface area (Å²) in [5, 5.41) is 16.0. The molecule has 32 heavy (non-hydrogen) atoms. The average molecular weight is 462 g/mol. The molecule has 10 nitrogen and oxygen atoms in total. The Morgan fingerprint density at radius 1 is 1.22 bits per heavy atom. The third-order valence-electron chi connectivity index (χ3n) is 4.57. The molecule has 0 aliphatic rings. The van der Waals surface area contributed by atoms with Gasteiger partial charge in [0, 0.05) is 25.4 Å². The van der Waals surface area contributed by atoms with Gasteiger partial charge in [0.15, 0.2) is 0 Å². The van der Waals surface area contributed by atoms with Crippen molar-refractivity contribution in [1.82, 2.24) is 15.2 Å². The van der Waals surface area contributed by atoms with E-state index in [1.807, 2.05) is 6.92 Å². The predicted octanol–water partition coefficient (Wildman–Crippen LogP) is 2.80. The molecule has 0 saturated heterocycles. The van der Waals surface area contributed by atoms with Crippen LogP contribution in [-0.4, -0.2) is 52.2 Å². The molecular weight excluding hydrogens is 438 g/mol. The summed E-state index contributed by atoms with van der Waals surface area (Å²) in [5.74, 6) is -1.49. The minimum Gasteiger partial charge on any atom is -0.340 e. The molecule has 2 rings (SSSR count). The van der Waals surface area contributed by atoms with E-state index in [4.69, 9.17) is 11.6 Å². The number of carbonyl (C=O) groups excluding carboxylic acids is 3. The second-order valence-corrected chi connectivity index (χ2v) is 7.98. The van der Waals surface area contributed by atoms with Gasteiger partial charge in [-0.1, -0.05) is 25.4 Å². The number of aromatic nitrogens is 1. The first-order valence-electron chi connectivity index (χ1n) is 9.72. The lowest BCUT2D eigenvalue weighted by Gasteiger charge is -2.27. The number of benzene rings is 1. The van der Waals surface area contributed by atoms with E-state index in [0.29, 0.717) is 5.82 Å². The van der Waals surface area contributed by atoms with Gasteiger partial charge in [-0.2, -0.15) is 0 Å². The lowest BCUT2D eigenvalue weighted by molar-refractivity contribution is -0.384. The molecule has 0 saturated carbocycles. The van der Waals surface area contributed by atoms with Crippen LogP contribution in [0.3, 0.4) is 0 Å². The van der Waals surface area contributed by atoms with Gasteiger partial charge < -0.3 is 15.5 Å². The van der Waals surface area contributed by atoms with Crippen molar-refractivity contribution >= 4 is 40.8 Å². The molecule has 1 heterocycles. The first-order valence-corrected chi connectivity index (χ1v) is 10.1. The van der Waals surface area contributed by atoms with Gasteiger partial charge in [0.1, 0.15) is 11.9 Å². The van der Waals surface area contributed by atoms with E-state index in [0.717, 1.165) is 17.7 Å². The van der Waals surface area contributed by atoms with E-state index < -0.39 is 28.7 Å². The highest BCUT2D eigenvalue weighted by Crippen LogP contribution is 2.23. The monoisotopic (exact) mass is 461 g/mol. The Morgan fingerprint density at radius 2 is 1.91 bits per heavy atom. The largest absolute Gasteiger partial charge is 0.340 e. The van der Waals surface area contributed by atoms with Crippen molar-refractivity contribution in [3.63, 3.8) is 0 Å². The molecule has 11 heteroatoms. The lowest BCUT2D eigenvalue weighted by Crippen LogP contribution is -2.51. The summed E-state index contributed by atoms with van der Waals surface area (Å²) < 4.78 is 0. The van der Waals surface area contributed by atoms with E-state index in [-0.39, 0.29) is 28.7 Å². The van der Waals surface area contributed by atoms with Crippen LogP contribution in [0.15, 0.2) is 36.5 Å². The van der Waals surface area contributed by atoms with Crippen LogP contribution in [0.25, 0.3) is 0 Å². The molecule has 1 aromatic carbocycles. The Morgan fingerprint density at radius 3 is 2.47 bits per heavy atom. The number of hydrogen-bond acceptors (Lipinski definition) is 6. The minimum atomic E-state index is -0.941. The normalized spacial score (nSPS) is 11.6. The molecule has 1 atom stereocenters. The lowest BCUT2D eigenvalue weighted by atomic mass is 10.0. The highest BCUT2D eigenvalue weighted by molar-refractivity contribution is 6.34. The highest BCUT2D eigenvalue weighted by atomic mass is 35.5. The number of aryl methyl sites for hydroxylation is 1. The zero-order valence-electron chi connectivity index (χ0n) is 18.1. The van der Waals surface area contributed by atoms with Crippen molar-refractivity contribution in [3.8, 4) is 0 Å². The van der Waals surface area contributed by atoms with Crippen LogP contribution < -0.4 is 10.6 Å². The maximum Gasteiger partial charge on any atom is 0.270 e. The number of nitro benzene ring substituents is 1. The number of nitro groups is 1. The van der Waals surface area contributed by atoms with E-state index in [1.165, 1.54) is 18.0 Å². The summed E-state index contributed by atoms with van der Waals surface area (Å²) in [6.07, 6.45) is 1.56. The van der Waals surface area contributed by atoms with Gasteiger partial charge >= 0.3 is 0 Å².